The molecule has 4 heteroatoms. The van der Waals surface area contributed by atoms with E-state index in [4.69, 9.17) is 0 Å². The van der Waals surface area contributed by atoms with E-state index in [0.29, 0.717) is 5.56 Å². The standard InChI is InChI=1S/C14H11N3O/c18-14(16-11-6-2-1-3-7-11)12-10-15-17-9-5-4-8-13(12)17/h1-10H,(H,16,18). The van der Waals surface area contributed by atoms with Crippen LogP contribution < -0.4 is 5.32 Å². The molecule has 0 bridgehead atoms. The summed E-state index contributed by atoms with van der Waals surface area (Å²) in [6.45, 7) is 0. The molecule has 0 fully saturated rings. The van der Waals surface area contributed by atoms with Crippen LogP contribution in [0.2, 0.25) is 0 Å². The van der Waals surface area contributed by atoms with Gasteiger partial charge in [0.05, 0.1) is 17.3 Å². The fourth-order valence-electron chi connectivity index (χ4n) is 1.83. The summed E-state index contributed by atoms with van der Waals surface area (Å²) >= 11 is 0. The number of nitrogens with zero attached hydrogens (tertiary/aromatic N) is 2. The maximum Gasteiger partial charge on any atom is 0.259 e. The number of pyridine rings is 1. The first-order chi connectivity index (χ1) is 8.84. The number of aromatic nitrogens is 2. The molecule has 0 unspecified atom stereocenters. The van der Waals surface area contributed by atoms with Gasteiger partial charge >= 0.3 is 0 Å². The van der Waals surface area contributed by atoms with E-state index < -0.39 is 0 Å². The Morgan fingerprint density at radius 3 is 2.67 bits per heavy atom. The second kappa shape index (κ2) is 4.33. The fourth-order valence-corrected chi connectivity index (χ4v) is 1.83. The predicted molar refractivity (Wildman–Crippen MR) is 69.6 cm³/mol. The van der Waals surface area contributed by atoms with Gasteiger partial charge in [-0.25, -0.2) is 4.52 Å². The van der Waals surface area contributed by atoms with Crippen LogP contribution in [0.4, 0.5) is 5.69 Å². The highest BCUT2D eigenvalue weighted by Crippen LogP contribution is 2.13. The summed E-state index contributed by atoms with van der Waals surface area (Å²) in [5.74, 6) is -0.151. The van der Waals surface area contributed by atoms with Crippen LogP contribution in [-0.2, 0) is 0 Å². The molecule has 18 heavy (non-hydrogen) atoms. The monoisotopic (exact) mass is 237 g/mol. The molecule has 1 amide bonds. The fraction of sp³-hybridized carbons (Fsp3) is 0. The Morgan fingerprint density at radius 1 is 1.06 bits per heavy atom. The zero-order valence-corrected chi connectivity index (χ0v) is 9.58. The first-order valence-electron chi connectivity index (χ1n) is 5.63. The van der Waals surface area contributed by atoms with Crippen LogP contribution >= 0.6 is 0 Å². The van der Waals surface area contributed by atoms with Gasteiger partial charge in [0, 0.05) is 11.9 Å². The summed E-state index contributed by atoms with van der Waals surface area (Å²) in [4.78, 5) is 12.1. The number of nitrogens with one attached hydrogen (secondary N) is 1. The Labute approximate surface area is 104 Å². The zero-order chi connectivity index (χ0) is 12.4. The van der Waals surface area contributed by atoms with Gasteiger partial charge in [-0.15, -0.1) is 0 Å². The molecular weight excluding hydrogens is 226 g/mol. The number of amides is 1. The molecule has 0 aliphatic carbocycles. The van der Waals surface area contributed by atoms with E-state index in [1.807, 2.05) is 54.7 Å². The average molecular weight is 237 g/mol. The number of rotatable bonds is 2. The molecule has 1 N–H and O–H groups in total. The normalized spacial score (nSPS) is 10.4. The minimum atomic E-state index is -0.151. The third-order valence-corrected chi connectivity index (χ3v) is 2.70. The molecular formula is C14H11N3O. The lowest BCUT2D eigenvalue weighted by atomic mass is 10.2. The lowest BCUT2D eigenvalue weighted by molar-refractivity contribution is 0.102. The Morgan fingerprint density at radius 2 is 1.83 bits per heavy atom. The lowest BCUT2D eigenvalue weighted by Gasteiger charge is -2.03. The van der Waals surface area contributed by atoms with Crippen LogP contribution in [0.5, 0.6) is 0 Å². The number of carbonyl (C=O) groups is 1. The van der Waals surface area contributed by atoms with Gasteiger partial charge in [-0.1, -0.05) is 24.3 Å². The van der Waals surface area contributed by atoms with Gasteiger partial charge in [0.15, 0.2) is 0 Å². The zero-order valence-electron chi connectivity index (χ0n) is 9.58. The van der Waals surface area contributed by atoms with Gasteiger partial charge in [-0.2, -0.15) is 5.10 Å². The van der Waals surface area contributed by atoms with E-state index in [0.717, 1.165) is 11.2 Å². The minimum Gasteiger partial charge on any atom is -0.322 e. The number of anilines is 1. The number of para-hydroxylation sites is 1. The molecule has 88 valence electrons. The summed E-state index contributed by atoms with van der Waals surface area (Å²) in [5.41, 5.74) is 2.14. The van der Waals surface area contributed by atoms with Crippen molar-refractivity contribution in [2.75, 3.05) is 5.32 Å². The second-order valence-electron chi connectivity index (χ2n) is 3.91. The molecule has 0 radical (unpaired) electrons. The van der Waals surface area contributed by atoms with Crippen LogP contribution in [0, 0.1) is 0 Å². The van der Waals surface area contributed by atoms with E-state index in [9.17, 15) is 4.79 Å². The number of fused-ring (bicyclic) bond motifs is 1. The van der Waals surface area contributed by atoms with Crippen molar-refractivity contribution in [3.05, 3.63) is 66.5 Å². The number of carbonyl (C=O) groups excluding carboxylic acids is 1. The molecule has 0 saturated heterocycles. The topological polar surface area (TPSA) is 46.4 Å². The molecule has 1 aromatic carbocycles. The largest absolute Gasteiger partial charge is 0.322 e. The Hall–Kier alpha value is -2.62. The molecule has 0 aliphatic rings. The van der Waals surface area contributed by atoms with Crippen molar-refractivity contribution in [1.29, 1.82) is 0 Å². The summed E-state index contributed by atoms with van der Waals surface area (Å²) in [6.07, 6.45) is 3.39. The van der Waals surface area contributed by atoms with Gasteiger partial charge in [0.25, 0.3) is 5.91 Å². The van der Waals surface area contributed by atoms with Crippen LogP contribution in [0.15, 0.2) is 60.9 Å². The van der Waals surface area contributed by atoms with E-state index in [2.05, 4.69) is 10.4 Å². The molecule has 2 aromatic heterocycles. The van der Waals surface area contributed by atoms with Gasteiger partial charge in [-0.05, 0) is 24.3 Å². The smallest absolute Gasteiger partial charge is 0.259 e. The predicted octanol–water partition coefficient (Wildman–Crippen LogP) is 2.59. The van der Waals surface area contributed by atoms with Crippen molar-refractivity contribution >= 4 is 17.1 Å². The summed E-state index contributed by atoms with van der Waals surface area (Å²) in [5, 5.41) is 6.98. The Kier molecular flexibility index (Phi) is 2.53. The molecule has 2 heterocycles. The highest BCUT2D eigenvalue weighted by atomic mass is 16.1. The second-order valence-corrected chi connectivity index (χ2v) is 3.91. The maximum atomic E-state index is 12.1. The summed E-state index contributed by atoms with van der Waals surface area (Å²) in [7, 11) is 0. The SMILES string of the molecule is O=C(Nc1ccccc1)c1cnn2ccccc12. The van der Waals surface area contributed by atoms with E-state index >= 15 is 0 Å². The molecule has 3 aromatic rings. The molecule has 3 rings (SSSR count). The van der Waals surface area contributed by atoms with Gasteiger partial charge < -0.3 is 5.32 Å². The quantitative estimate of drug-likeness (QED) is 0.744. The molecule has 4 nitrogen and oxygen atoms in total. The Bertz CT molecular complexity index is 688. The third kappa shape index (κ3) is 1.84. The van der Waals surface area contributed by atoms with Crippen LogP contribution in [0.1, 0.15) is 10.4 Å². The van der Waals surface area contributed by atoms with Crippen molar-refractivity contribution in [3.63, 3.8) is 0 Å². The van der Waals surface area contributed by atoms with Crippen molar-refractivity contribution in [3.8, 4) is 0 Å². The number of hydrogen-bond donors (Lipinski definition) is 1. The average Bonchev–Trinajstić information content (AvgIpc) is 2.84. The molecule has 0 atom stereocenters. The van der Waals surface area contributed by atoms with Crippen molar-refractivity contribution in [2.24, 2.45) is 0 Å². The van der Waals surface area contributed by atoms with E-state index in [-0.39, 0.29) is 5.91 Å². The van der Waals surface area contributed by atoms with E-state index in [1.54, 1.807) is 10.7 Å². The maximum absolute atomic E-state index is 12.1. The summed E-state index contributed by atoms with van der Waals surface area (Å²) in [6, 6.07) is 15.0. The third-order valence-electron chi connectivity index (χ3n) is 2.70. The first-order valence-corrected chi connectivity index (χ1v) is 5.63. The highest BCUT2D eigenvalue weighted by molar-refractivity contribution is 6.08. The van der Waals surface area contributed by atoms with Crippen LogP contribution in [0.3, 0.4) is 0 Å². The van der Waals surface area contributed by atoms with Gasteiger partial charge in [0.2, 0.25) is 0 Å². The number of hydrogen-bond acceptors (Lipinski definition) is 2. The lowest BCUT2D eigenvalue weighted by Crippen LogP contribution is -2.11. The van der Waals surface area contributed by atoms with Crippen LogP contribution in [-0.4, -0.2) is 15.5 Å². The minimum absolute atomic E-state index is 0.151. The Balaban J connectivity index is 1.93. The first kappa shape index (κ1) is 10.5. The summed E-state index contributed by atoms with van der Waals surface area (Å²) < 4.78 is 1.68. The molecule has 0 spiro atoms. The van der Waals surface area contributed by atoms with Gasteiger partial charge in [-0.3, -0.25) is 4.79 Å². The van der Waals surface area contributed by atoms with Crippen molar-refractivity contribution < 1.29 is 4.79 Å². The van der Waals surface area contributed by atoms with E-state index in [1.165, 1.54) is 0 Å². The molecule has 0 aliphatic heterocycles. The van der Waals surface area contributed by atoms with Gasteiger partial charge in [0.1, 0.15) is 0 Å². The van der Waals surface area contributed by atoms with Crippen LogP contribution in [0.25, 0.3) is 5.52 Å². The van der Waals surface area contributed by atoms with Crippen molar-refractivity contribution in [1.82, 2.24) is 9.61 Å². The highest BCUT2D eigenvalue weighted by Gasteiger charge is 2.11. The molecule has 0 saturated carbocycles. The number of benzene rings is 1. The van der Waals surface area contributed by atoms with Crippen molar-refractivity contribution in [2.45, 2.75) is 0 Å².